The van der Waals surface area contributed by atoms with Gasteiger partial charge >= 0.3 is 0 Å². The van der Waals surface area contributed by atoms with Gasteiger partial charge in [-0.25, -0.2) is 12.8 Å². The van der Waals surface area contributed by atoms with Crippen molar-refractivity contribution in [3.63, 3.8) is 0 Å². The number of halogens is 2. The molecular formula is C24H29ClFN3O3S. The summed E-state index contributed by atoms with van der Waals surface area (Å²) in [7, 11) is -3.78. The van der Waals surface area contributed by atoms with Crippen LogP contribution < -0.4 is 5.32 Å². The van der Waals surface area contributed by atoms with E-state index in [0.29, 0.717) is 31.0 Å². The summed E-state index contributed by atoms with van der Waals surface area (Å²) < 4.78 is 40.5. The highest BCUT2D eigenvalue weighted by molar-refractivity contribution is 7.89. The Morgan fingerprint density at radius 1 is 1.06 bits per heavy atom. The molecule has 178 valence electrons. The molecule has 2 atom stereocenters. The maximum atomic E-state index is 13.2. The van der Waals surface area contributed by atoms with Crippen molar-refractivity contribution in [2.75, 3.05) is 32.7 Å². The lowest BCUT2D eigenvalue weighted by molar-refractivity contribution is -0.126. The largest absolute Gasteiger partial charge is 0.354 e. The van der Waals surface area contributed by atoms with Crippen LogP contribution in [0, 0.1) is 11.7 Å². The van der Waals surface area contributed by atoms with Crippen LogP contribution in [0.2, 0.25) is 5.02 Å². The third-order valence-electron chi connectivity index (χ3n) is 6.52. The van der Waals surface area contributed by atoms with Crippen molar-refractivity contribution in [3.8, 4) is 0 Å². The summed E-state index contributed by atoms with van der Waals surface area (Å²) in [6.07, 6.45) is 3.46. The standard InChI is InChI=1S/C24H29ClFN3O3S/c25-22-8-2-1-7-21(22)23(28-13-3-4-14-28)16-27-24(30)18-6-5-15-29(17-18)33(31,32)20-11-9-19(26)10-12-20/h1-2,7-12,18,23H,3-6,13-17H2,(H,27,30)/t18-,23-/m1/s1. The van der Waals surface area contributed by atoms with Gasteiger partial charge in [0.15, 0.2) is 0 Å². The van der Waals surface area contributed by atoms with Crippen LogP contribution in [-0.4, -0.2) is 56.3 Å². The molecule has 0 unspecified atom stereocenters. The monoisotopic (exact) mass is 493 g/mol. The van der Waals surface area contributed by atoms with E-state index in [1.807, 2.05) is 24.3 Å². The fourth-order valence-electron chi connectivity index (χ4n) is 4.71. The smallest absolute Gasteiger partial charge is 0.243 e. The molecule has 4 rings (SSSR count). The third-order valence-corrected chi connectivity index (χ3v) is 8.75. The minimum absolute atomic E-state index is 0.0206. The predicted octanol–water partition coefficient (Wildman–Crippen LogP) is 3.83. The third kappa shape index (κ3) is 5.57. The fourth-order valence-corrected chi connectivity index (χ4v) is 6.49. The van der Waals surface area contributed by atoms with Crippen LogP contribution in [0.1, 0.15) is 37.3 Å². The van der Waals surface area contributed by atoms with Gasteiger partial charge in [-0.3, -0.25) is 9.69 Å². The molecule has 0 bridgehead atoms. The van der Waals surface area contributed by atoms with Crippen LogP contribution in [0.25, 0.3) is 0 Å². The van der Waals surface area contributed by atoms with Crippen molar-refractivity contribution in [2.24, 2.45) is 5.92 Å². The van der Waals surface area contributed by atoms with Gasteiger partial charge in [0.2, 0.25) is 15.9 Å². The molecule has 0 spiro atoms. The van der Waals surface area contributed by atoms with Crippen molar-refractivity contribution >= 4 is 27.5 Å². The zero-order valence-corrected chi connectivity index (χ0v) is 20.0. The number of nitrogens with one attached hydrogen (secondary N) is 1. The second kappa shape index (κ2) is 10.5. The Kier molecular flexibility index (Phi) is 7.69. The predicted molar refractivity (Wildman–Crippen MR) is 126 cm³/mol. The number of carbonyl (C=O) groups is 1. The molecule has 0 aromatic heterocycles. The molecule has 2 saturated heterocycles. The average Bonchev–Trinajstić information content (AvgIpc) is 3.35. The quantitative estimate of drug-likeness (QED) is 0.636. The van der Waals surface area contributed by atoms with E-state index in [0.717, 1.165) is 43.6 Å². The number of piperidine rings is 1. The van der Waals surface area contributed by atoms with Crippen LogP contribution in [0.5, 0.6) is 0 Å². The Bertz CT molecular complexity index is 1070. The van der Waals surface area contributed by atoms with E-state index in [1.165, 1.54) is 16.4 Å². The molecule has 33 heavy (non-hydrogen) atoms. The van der Waals surface area contributed by atoms with E-state index in [9.17, 15) is 17.6 Å². The van der Waals surface area contributed by atoms with Crippen LogP contribution in [0.4, 0.5) is 4.39 Å². The molecule has 1 amide bonds. The molecule has 2 fully saturated rings. The average molecular weight is 494 g/mol. The summed E-state index contributed by atoms with van der Waals surface area (Å²) in [4.78, 5) is 15.4. The van der Waals surface area contributed by atoms with Gasteiger partial charge in [0, 0.05) is 24.7 Å². The van der Waals surface area contributed by atoms with Crippen LogP contribution >= 0.6 is 11.6 Å². The summed E-state index contributed by atoms with van der Waals surface area (Å²) in [5.41, 5.74) is 0.991. The van der Waals surface area contributed by atoms with Crippen LogP contribution in [-0.2, 0) is 14.8 Å². The molecule has 2 heterocycles. The van der Waals surface area contributed by atoms with E-state index in [1.54, 1.807) is 0 Å². The van der Waals surface area contributed by atoms with Crippen LogP contribution in [0.3, 0.4) is 0 Å². The lowest BCUT2D eigenvalue weighted by atomic mass is 9.98. The summed E-state index contributed by atoms with van der Waals surface area (Å²) in [5, 5.41) is 3.74. The van der Waals surface area contributed by atoms with Gasteiger partial charge in [0.1, 0.15) is 5.82 Å². The second-order valence-corrected chi connectivity index (χ2v) is 11.0. The number of likely N-dealkylation sites (tertiary alicyclic amines) is 1. The van der Waals surface area contributed by atoms with Gasteiger partial charge in [-0.05, 0) is 74.7 Å². The first kappa shape index (κ1) is 24.1. The number of sulfonamides is 1. The molecule has 2 aromatic carbocycles. The molecule has 9 heteroatoms. The molecule has 0 radical (unpaired) electrons. The minimum Gasteiger partial charge on any atom is -0.354 e. The lowest BCUT2D eigenvalue weighted by Crippen LogP contribution is -2.46. The molecule has 1 N–H and O–H groups in total. The van der Waals surface area contributed by atoms with Crippen molar-refractivity contribution in [2.45, 2.75) is 36.6 Å². The number of hydrogen-bond acceptors (Lipinski definition) is 4. The first-order chi connectivity index (χ1) is 15.9. The van der Waals surface area contributed by atoms with Crippen LogP contribution in [0.15, 0.2) is 53.4 Å². The molecule has 6 nitrogen and oxygen atoms in total. The SMILES string of the molecule is O=C(NC[C@H](c1ccccc1Cl)N1CCCC1)[C@@H]1CCCN(S(=O)(=O)c2ccc(F)cc2)C1. The Labute approximate surface area is 199 Å². The molecule has 2 aliphatic heterocycles. The van der Waals surface area contributed by atoms with Gasteiger partial charge in [-0.15, -0.1) is 0 Å². The summed E-state index contributed by atoms with van der Waals surface area (Å²) in [6, 6.07) is 12.5. The van der Waals surface area contributed by atoms with Gasteiger partial charge in [0.05, 0.1) is 16.9 Å². The fraction of sp³-hybridized carbons (Fsp3) is 0.458. The number of nitrogens with zero attached hydrogens (tertiary/aromatic N) is 2. The van der Waals surface area contributed by atoms with Crippen molar-refractivity contribution < 1.29 is 17.6 Å². The maximum absolute atomic E-state index is 13.2. The second-order valence-electron chi connectivity index (χ2n) is 8.68. The Morgan fingerprint density at radius 2 is 1.76 bits per heavy atom. The van der Waals surface area contributed by atoms with E-state index in [2.05, 4.69) is 10.2 Å². The molecule has 2 aromatic rings. The van der Waals surface area contributed by atoms with Crippen molar-refractivity contribution in [1.82, 2.24) is 14.5 Å². The van der Waals surface area contributed by atoms with Gasteiger partial charge in [-0.1, -0.05) is 29.8 Å². The number of rotatable bonds is 7. The minimum atomic E-state index is -3.78. The lowest BCUT2D eigenvalue weighted by Gasteiger charge is -2.33. The summed E-state index contributed by atoms with van der Waals surface area (Å²) in [5.74, 6) is -1.07. The normalized spacial score (nSPS) is 21.1. The molecule has 0 aliphatic carbocycles. The highest BCUT2D eigenvalue weighted by atomic mass is 35.5. The molecule has 2 aliphatic rings. The van der Waals surface area contributed by atoms with Gasteiger partial charge in [0.25, 0.3) is 0 Å². The maximum Gasteiger partial charge on any atom is 0.243 e. The number of hydrogen-bond donors (Lipinski definition) is 1. The Morgan fingerprint density at radius 3 is 2.45 bits per heavy atom. The Balaban J connectivity index is 1.43. The topological polar surface area (TPSA) is 69.7 Å². The number of carbonyl (C=O) groups excluding carboxylic acids is 1. The van der Waals surface area contributed by atoms with E-state index in [-0.39, 0.29) is 23.4 Å². The highest BCUT2D eigenvalue weighted by Gasteiger charge is 2.34. The van der Waals surface area contributed by atoms with Crippen molar-refractivity contribution in [3.05, 3.63) is 64.9 Å². The molecular weight excluding hydrogens is 465 g/mol. The van der Waals surface area contributed by atoms with Gasteiger partial charge in [-0.2, -0.15) is 4.31 Å². The number of amides is 1. The van der Waals surface area contributed by atoms with Gasteiger partial charge < -0.3 is 5.32 Å². The van der Waals surface area contributed by atoms with E-state index < -0.39 is 21.8 Å². The highest BCUT2D eigenvalue weighted by Crippen LogP contribution is 2.30. The zero-order chi connectivity index (χ0) is 23.4. The molecule has 0 saturated carbocycles. The Hall–Kier alpha value is -2.00. The summed E-state index contributed by atoms with van der Waals surface area (Å²) >= 11 is 6.46. The number of benzene rings is 2. The first-order valence-electron chi connectivity index (χ1n) is 11.4. The zero-order valence-electron chi connectivity index (χ0n) is 18.4. The van der Waals surface area contributed by atoms with Crippen molar-refractivity contribution in [1.29, 1.82) is 0 Å². The first-order valence-corrected chi connectivity index (χ1v) is 13.2. The van der Waals surface area contributed by atoms with E-state index >= 15 is 0 Å². The summed E-state index contributed by atoms with van der Waals surface area (Å²) in [6.45, 7) is 2.80. The van der Waals surface area contributed by atoms with E-state index in [4.69, 9.17) is 11.6 Å².